The Balaban J connectivity index is 2.43. The van der Waals surface area contributed by atoms with Crippen LogP contribution in [0.3, 0.4) is 0 Å². The SMILES string of the molecule is NCCNc1cc[c]cn1. The fourth-order valence-electron chi connectivity index (χ4n) is 0.625. The summed E-state index contributed by atoms with van der Waals surface area (Å²) in [6.45, 7) is 1.39. The Morgan fingerprint density at radius 3 is 3.20 bits per heavy atom. The van der Waals surface area contributed by atoms with Gasteiger partial charge >= 0.3 is 0 Å². The third-order valence-electron chi connectivity index (χ3n) is 1.07. The lowest BCUT2D eigenvalue weighted by Gasteiger charge is -2.00. The molecule has 10 heavy (non-hydrogen) atoms. The van der Waals surface area contributed by atoms with Crippen molar-refractivity contribution in [2.45, 2.75) is 0 Å². The summed E-state index contributed by atoms with van der Waals surface area (Å²) >= 11 is 0. The molecule has 0 aromatic carbocycles. The quantitative estimate of drug-likeness (QED) is 0.626. The van der Waals surface area contributed by atoms with Crippen LogP contribution in [0.5, 0.6) is 0 Å². The Morgan fingerprint density at radius 1 is 1.70 bits per heavy atom. The molecular formula is C7H10N3. The fourth-order valence-corrected chi connectivity index (χ4v) is 0.625. The normalized spacial score (nSPS) is 9.30. The highest BCUT2D eigenvalue weighted by atomic mass is 15.0. The van der Waals surface area contributed by atoms with E-state index in [1.807, 2.05) is 12.1 Å². The van der Waals surface area contributed by atoms with Gasteiger partial charge in [0.1, 0.15) is 5.82 Å². The van der Waals surface area contributed by atoms with Crippen LogP contribution in [-0.2, 0) is 0 Å². The molecule has 0 amide bonds. The fraction of sp³-hybridized carbons (Fsp3) is 0.286. The number of aromatic nitrogens is 1. The van der Waals surface area contributed by atoms with E-state index >= 15 is 0 Å². The summed E-state index contributed by atoms with van der Waals surface area (Å²) in [7, 11) is 0. The summed E-state index contributed by atoms with van der Waals surface area (Å²) < 4.78 is 0. The Labute approximate surface area is 60.3 Å². The van der Waals surface area contributed by atoms with Crippen LogP contribution in [-0.4, -0.2) is 18.1 Å². The molecule has 0 aliphatic heterocycles. The molecule has 0 spiro atoms. The molecule has 0 aliphatic carbocycles. The topological polar surface area (TPSA) is 50.9 Å². The highest BCUT2D eigenvalue weighted by molar-refractivity contribution is 5.32. The third kappa shape index (κ3) is 2.03. The lowest BCUT2D eigenvalue weighted by Crippen LogP contribution is -2.13. The van der Waals surface area contributed by atoms with Gasteiger partial charge in [-0.05, 0) is 12.1 Å². The average molecular weight is 136 g/mol. The van der Waals surface area contributed by atoms with E-state index in [4.69, 9.17) is 5.73 Å². The minimum absolute atomic E-state index is 0.625. The first-order valence-electron chi connectivity index (χ1n) is 3.19. The van der Waals surface area contributed by atoms with E-state index in [1.54, 1.807) is 6.20 Å². The van der Waals surface area contributed by atoms with Crippen LogP contribution < -0.4 is 11.1 Å². The molecule has 1 radical (unpaired) electrons. The van der Waals surface area contributed by atoms with Crippen LogP contribution in [0.4, 0.5) is 5.82 Å². The molecule has 0 atom stereocenters. The maximum absolute atomic E-state index is 5.28. The van der Waals surface area contributed by atoms with Gasteiger partial charge < -0.3 is 11.1 Å². The summed E-state index contributed by atoms with van der Waals surface area (Å²) in [4.78, 5) is 3.99. The second-order valence-electron chi connectivity index (χ2n) is 1.86. The van der Waals surface area contributed by atoms with E-state index in [-0.39, 0.29) is 0 Å². The van der Waals surface area contributed by atoms with E-state index in [0.717, 1.165) is 12.4 Å². The number of nitrogens with zero attached hydrogens (tertiary/aromatic N) is 1. The van der Waals surface area contributed by atoms with Crippen molar-refractivity contribution in [3.63, 3.8) is 0 Å². The molecule has 0 saturated carbocycles. The van der Waals surface area contributed by atoms with Crippen LogP contribution in [0.2, 0.25) is 0 Å². The van der Waals surface area contributed by atoms with Crippen molar-refractivity contribution in [1.82, 2.24) is 4.98 Å². The number of hydrogen-bond donors (Lipinski definition) is 2. The van der Waals surface area contributed by atoms with Crippen molar-refractivity contribution in [1.29, 1.82) is 0 Å². The minimum Gasteiger partial charge on any atom is -0.369 e. The molecule has 3 nitrogen and oxygen atoms in total. The molecule has 0 aliphatic rings. The number of rotatable bonds is 3. The Bertz CT molecular complexity index is 173. The monoisotopic (exact) mass is 136 g/mol. The van der Waals surface area contributed by atoms with Gasteiger partial charge in [-0.15, -0.1) is 0 Å². The van der Waals surface area contributed by atoms with Gasteiger partial charge in [0.15, 0.2) is 0 Å². The number of hydrogen-bond acceptors (Lipinski definition) is 3. The Hall–Kier alpha value is -1.09. The lowest BCUT2D eigenvalue weighted by molar-refractivity contribution is 1.01. The zero-order valence-corrected chi connectivity index (χ0v) is 5.67. The largest absolute Gasteiger partial charge is 0.369 e. The van der Waals surface area contributed by atoms with Crippen molar-refractivity contribution in [2.24, 2.45) is 5.73 Å². The Kier molecular flexibility index (Phi) is 2.70. The molecule has 0 fully saturated rings. The van der Waals surface area contributed by atoms with Crippen molar-refractivity contribution in [2.75, 3.05) is 18.4 Å². The summed E-state index contributed by atoms with van der Waals surface area (Å²) in [5.74, 6) is 0.851. The summed E-state index contributed by atoms with van der Waals surface area (Å²) in [5, 5.41) is 3.04. The van der Waals surface area contributed by atoms with Gasteiger partial charge in [0, 0.05) is 25.4 Å². The molecular weight excluding hydrogens is 126 g/mol. The molecule has 1 aromatic rings. The molecule has 53 valence electrons. The smallest absolute Gasteiger partial charge is 0.125 e. The molecule has 3 heteroatoms. The summed E-state index contributed by atoms with van der Waals surface area (Å²) in [6, 6.07) is 6.49. The summed E-state index contributed by atoms with van der Waals surface area (Å²) in [6.07, 6.45) is 1.62. The van der Waals surface area contributed by atoms with Gasteiger partial charge in [0.25, 0.3) is 0 Å². The first-order valence-corrected chi connectivity index (χ1v) is 3.19. The van der Waals surface area contributed by atoms with E-state index in [0.29, 0.717) is 6.54 Å². The van der Waals surface area contributed by atoms with Crippen molar-refractivity contribution < 1.29 is 0 Å². The van der Waals surface area contributed by atoms with Crippen LogP contribution in [0.15, 0.2) is 18.3 Å². The number of nitrogens with two attached hydrogens (primary N) is 1. The number of anilines is 1. The molecule has 0 saturated heterocycles. The standard InChI is InChI=1S/C7H10N3/c8-4-6-10-7-3-1-2-5-9-7/h1,3,5H,4,6,8H2,(H,9,10). The van der Waals surface area contributed by atoms with Crippen LogP contribution in [0.25, 0.3) is 0 Å². The molecule has 0 unspecified atom stereocenters. The van der Waals surface area contributed by atoms with Crippen molar-refractivity contribution in [3.05, 3.63) is 24.4 Å². The van der Waals surface area contributed by atoms with Gasteiger partial charge in [0.05, 0.1) is 0 Å². The van der Waals surface area contributed by atoms with Crippen LogP contribution in [0.1, 0.15) is 0 Å². The number of nitrogens with one attached hydrogen (secondary N) is 1. The van der Waals surface area contributed by atoms with Gasteiger partial charge in [0.2, 0.25) is 0 Å². The second kappa shape index (κ2) is 3.85. The number of pyridine rings is 1. The highest BCUT2D eigenvalue weighted by Gasteiger charge is 1.86. The van der Waals surface area contributed by atoms with Crippen LogP contribution in [0, 0.1) is 6.07 Å². The molecule has 0 bridgehead atoms. The highest BCUT2D eigenvalue weighted by Crippen LogP contribution is 1.96. The van der Waals surface area contributed by atoms with Crippen LogP contribution >= 0.6 is 0 Å². The predicted octanol–water partition coefficient (Wildman–Crippen LogP) is 0.252. The second-order valence-corrected chi connectivity index (χ2v) is 1.86. The van der Waals surface area contributed by atoms with Gasteiger partial charge in [-0.3, -0.25) is 0 Å². The predicted molar refractivity (Wildman–Crippen MR) is 40.6 cm³/mol. The van der Waals surface area contributed by atoms with E-state index in [2.05, 4.69) is 16.4 Å². The average Bonchev–Trinajstić information content (AvgIpc) is 2.03. The minimum atomic E-state index is 0.625. The van der Waals surface area contributed by atoms with Gasteiger partial charge in [-0.2, -0.15) is 0 Å². The van der Waals surface area contributed by atoms with E-state index in [9.17, 15) is 0 Å². The first kappa shape index (κ1) is 7.02. The van der Waals surface area contributed by atoms with E-state index < -0.39 is 0 Å². The molecule has 1 rings (SSSR count). The molecule has 3 N–H and O–H groups in total. The van der Waals surface area contributed by atoms with Gasteiger partial charge in [-0.25, -0.2) is 4.98 Å². The van der Waals surface area contributed by atoms with Crippen molar-refractivity contribution >= 4 is 5.82 Å². The maximum atomic E-state index is 5.28. The third-order valence-corrected chi connectivity index (χ3v) is 1.07. The lowest BCUT2D eigenvalue weighted by atomic mass is 10.4. The van der Waals surface area contributed by atoms with Gasteiger partial charge in [-0.1, -0.05) is 0 Å². The first-order chi connectivity index (χ1) is 4.93. The van der Waals surface area contributed by atoms with Crippen molar-refractivity contribution in [3.8, 4) is 0 Å². The molecule has 1 heterocycles. The summed E-state index contributed by atoms with van der Waals surface area (Å²) in [5.41, 5.74) is 5.28. The zero-order valence-electron chi connectivity index (χ0n) is 5.67. The maximum Gasteiger partial charge on any atom is 0.125 e. The zero-order chi connectivity index (χ0) is 7.23. The Morgan fingerprint density at radius 2 is 2.60 bits per heavy atom. The van der Waals surface area contributed by atoms with E-state index in [1.165, 1.54) is 0 Å². The molecule has 1 aromatic heterocycles.